The van der Waals surface area contributed by atoms with Crippen molar-refractivity contribution in [2.24, 2.45) is 0 Å². The number of carbonyl (C=O) groups is 1. The average molecular weight is 365 g/mol. The van der Waals surface area contributed by atoms with E-state index in [2.05, 4.69) is 10.2 Å². The van der Waals surface area contributed by atoms with Crippen LogP contribution in [0.15, 0.2) is 46.7 Å². The molecule has 1 aromatic carbocycles. The van der Waals surface area contributed by atoms with Gasteiger partial charge in [-0.15, -0.1) is 11.3 Å². The van der Waals surface area contributed by atoms with Crippen LogP contribution in [0.5, 0.6) is 0 Å². The molecule has 1 aromatic heterocycles. The van der Waals surface area contributed by atoms with Crippen LogP contribution in [0.1, 0.15) is 9.67 Å². The summed E-state index contributed by atoms with van der Waals surface area (Å²) in [7, 11) is -2.02. The Balaban J connectivity index is 1.71. The van der Waals surface area contributed by atoms with Gasteiger partial charge in [0.05, 0.1) is 9.77 Å². The zero-order valence-electron chi connectivity index (χ0n) is 13.3. The number of piperazine rings is 1. The second kappa shape index (κ2) is 6.92. The Morgan fingerprint density at radius 2 is 1.79 bits per heavy atom. The minimum absolute atomic E-state index is 0.194. The van der Waals surface area contributed by atoms with Crippen molar-refractivity contribution in [3.63, 3.8) is 0 Å². The number of nitrogens with one attached hydrogen (secondary N) is 1. The highest BCUT2D eigenvalue weighted by Crippen LogP contribution is 2.24. The maximum Gasteiger partial charge on any atom is 0.261 e. The lowest BCUT2D eigenvalue weighted by atomic mass is 10.2. The van der Waals surface area contributed by atoms with E-state index in [0.717, 1.165) is 17.0 Å². The first kappa shape index (κ1) is 16.9. The van der Waals surface area contributed by atoms with Gasteiger partial charge in [0.2, 0.25) is 10.0 Å². The SMILES string of the molecule is CNC(=O)c1cc(S(=O)(=O)N2CCN(c3ccccc3)CC2)cs1. The highest BCUT2D eigenvalue weighted by Gasteiger charge is 2.29. The Morgan fingerprint density at radius 3 is 2.42 bits per heavy atom. The quantitative estimate of drug-likeness (QED) is 0.894. The van der Waals surface area contributed by atoms with Crippen LogP contribution in [-0.2, 0) is 10.0 Å². The molecular weight excluding hydrogens is 346 g/mol. The Labute approximate surface area is 145 Å². The van der Waals surface area contributed by atoms with Gasteiger partial charge in [-0.05, 0) is 18.2 Å². The predicted octanol–water partition coefficient (Wildman–Crippen LogP) is 1.62. The molecule has 0 bridgehead atoms. The molecule has 1 amide bonds. The Kier molecular flexibility index (Phi) is 4.88. The van der Waals surface area contributed by atoms with Crippen molar-refractivity contribution in [2.45, 2.75) is 4.90 Å². The first-order chi connectivity index (χ1) is 11.5. The zero-order valence-corrected chi connectivity index (χ0v) is 14.9. The molecule has 128 valence electrons. The van der Waals surface area contributed by atoms with Crippen LogP contribution in [0.3, 0.4) is 0 Å². The van der Waals surface area contributed by atoms with Gasteiger partial charge in [0.1, 0.15) is 0 Å². The normalized spacial score (nSPS) is 16.1. The number of sulfonamides is 1. The molecule has 0 radical (unpaired) electrons. The number of nitrogens with zero attached hydrogens (tertiary/aromatic N) is 2. The van der Waals surface area contributed by atoms with Crippen LogP contribution in [0.4, 0.5) is 5.69 Å². The molecule has 2 heterocycles. The highest BCUT2D eigenvalue weighted by molar-refractivity contribution is 7.89. The molecule has 1 saturated heterocycles. The van der Waals surface area contributed by atoms with Crippen molar-refractivity contribution in [3.05, 3.63) is 46.7 Å². The van der Waals surface area contributed by atoms with Crippen LogP contribution < -0.4 is 10.2 Å². The summed E-state index contributed by atoms with van der Waals surface area (Å²) in [4.78, 5) is 14.4. The van der Waals surface area contributed by atoms with E-state index in [4.69, 9.17) is 0 Å². The summed E-state index contributed by atoms with van der Waals surface area (Å²) in [6, 6.07) is 11.4. The summed E-state index contributed by atoms with van der Waals surface area (Å²) in [5.41, 5.74) is 1.10. The smallest absolute Gasteiger partial charge is 0.261 e. The fraction of sp³-hybridized carbons (Fsp3) is 0.312. The fourth-order valence-electron chi connectivity index (χ4n) is 2.67. The molecule has 0 unspecified atom stereocenters. The molecule has 0 aliphatic carbocycles. The van der Waals surface area contributed by atoms with Gasteiger partial charge >= 0.3 is 0 Å². The number of anilines is 1. The second-order valence-corrected chi connectivity index (χ2v) is 8.30. The number of carbonyl (C=O) groups excluding carboxylic acids is 1. The number of hydrogen-bond acceptors (Lipinski definition) is 5. The number of thiophene rings is 1. The van der Waals surface area contributed by atoms with Crippen molar-refractivity contribution in [2.75, 3.05) is 38.1 Å². The molecule has 24 heavy (non-hydrogen) atoms. The Hall–Kier alpha value is -1.90. The number of hydrogen-bond donors (Lipinski definition) is 1. The third-order valence-electron chi connectivity index (χ3n) is 4.02. The van der Waals surface area contributed by atoms with E-state index in [1.165, 1.54) is 22.8 Å². The van der Waals surface area contributed by atoms with Crippen LogP contribution in [0.25, 0.3) is 0 Å². The first-order valence-electron chi connectivity index (χ1n) is 7.63. The van der Waals surface area contributed by atoms with E-state index in [1.54, 1.807) is 0 Å². The minimum atomic E-state index is -3.55. The molecule has 1 N–H and O–H groups in total. The van der Waals surface area contributed by atoms with Gasteiger partial charge < -0.3 is 10.2 Å². The first-order valence-corrected chi connectivity index (χ1v) is 9.95. The maximum atomic E-state index is 12.7. The molecule has 0 saturated carbocycles. The summed E-state index contributed by atoms with van der Waals surface area (Å²) < 4.78 is 27.0. The van der Waals surface area contributed by atoms with E-state index in [-0.39, 0.29) is 10.8 Å². The largest absolute Gasteiger partial charge is 0.369 e. The molecule has 0 spiro atoms. The monoisotopic (exact) mass is 365 g/mol. The number of benzene rings is 1. The molecule has 3 rings (SSSR count). The lowest BCUT2D eigenvalue weighted by molar-refractivity contribution is 0.0967. The van der Waals surface area contributed by atoms with E-state index in [9.17, 15) is 13.2 Å². The van der Waals surface area contributed by atoms with Gasteiger partial charge in [0, 0.05) is 44.3 Å². The van der Waals surface area contributed by atoms with E-state index >= 15 is 0 Å². The molecular formula is C16H19N3O3S2. The fourth-order valence-corrected chi connectivity index (χ4v) is 5.30. The second-order valence-electron chi connectivity index (χ2n) is 5.45. The number of para-hydroxylation sites is 1. The molecule has 0 atom stereocenters. The van der Waals surface area contributed by atoms with E-state index in [0.29, 0.717) is 31.1 Å². The Morgan fingerprint density at radius 1 is 1.12 bits per heavy atom. The van der Waals surface area contributed by atoms with Gasteiger partial charge in [-0.25, -0.2) is 8.42 Å². The van der Waals surface area contributed by atoms with Gasteiger partial charge in [-0.3, -0.25) is 4.79 Å². The van der Waals surface area contributed by atoms with Crippen molar-refractivity contribution < 1.29 is 13.2 Å². The van der Waals surface area contributed by atoms with Crippen LogP contribution in [-0.4, -0.2) is 51.9 Å². The zero-order chi connectivity index (χ0) is 17.2. The molecule has 2 aromatic rings. The molecule has 6 nitrogen and oxygen atoms in total. The number of rotatable bonds is 4. The van der Waals surface area contributed by atoms with Crippen LogP contribution >= 0.6 is 11.3 Å². The van der Waals surface area contributed by atoms with Crippen LogP contribution in [0, 0.1) is 0 Å². The van der Waals surface area contributed by atoms with Crippen molar-refractivity contribution in [1.29, 1.82) is 0 Å². The summed E-state index contributed by atoms with van der Waals surface area (Å²) in [5.74, 6) is -0.268. The van der Waals surface area contributed by atoms with Crippen LogP contribution in [0.2, 0.25) is 0 Å². The van der Waals surface area contributed by atoms with Gasteiger partial charge in [-0.2, -0.15) is 4.31 Å². The van der Waals surface area contributed by atoms with Gasteiger partial charge in [0.15, 0.2) is 0 Å². The van der Waals surface area contributed by atoms with Crippen molar-refractivity contribution in [3.8, 4) is 0 Å². The third kappa shape index (κ3) is 3.31. The van der Waals surface area contributed by atoms with Crippen molar-refractivity contribution >= 4 is 33.0 Å². The molecule has 8 heteroatoms. The van der Waals surface area contributed by atoms with Gasteiger partial charge in [-0.1, -0.05) is 18.2 Å². The van der Waals surface area contributed by atoms with Gasteiger partial charge in [0.25, 0.3) is 5.91 Å². The summed E-state index contributed by atoms with van der Waals surface area (Å²) in [6.45, 7) is 2.16. The molecule has 1 aliphatic rings. The summed E-state index contributed by atoms with van der Waals surface area (Å²) in [5, 5.41) is 4.04. The van der Waals surface area contributed by atoms with Crippen molar-refractivity contribution in [1.82, 2.24) is 9.62 Å². The molecule has 1 aliphatic heterocycles. The highest BCUT2D eigenvalue weighted by atomic mass is 32.2. The van der Waals surface area contributed by atoms with E-state index in [1.807, 2.05) is 30.3 Å². The maximum absolute atomic E-state index is 12.7. The standard InChI is InChI=1S/C16H19N3O3S2/c1-17-16(20)15-11-14(12-23-15)24(21,22)19-9-7-18(8-10-19)13-5-3-2-4-6-13/h2-6,11-12H,7-10H2,1H3,(H,17,20). The average Bonchev–Trinajstić information content (AvgIpc) is 3.13. The predicted molar refractivity (Wildman–Crippen MR) is 95.1 cm³/mol. The lowest BCUT2D eigenvalue weighted by Crippen LogP contribution is -2.48. The topological polar surface area (TPSA) is 69.7 Å². The summed E-state index contributed by atoms with van der Waals surface area (Å²) >= 11 is 1.14. The molecule has 1 fully saturated rings. The van der Waals surface area contributed by atoms with E-state index < -0.39 is 10.0 Å². The third-order valence-corrected chi connectivity index (χ3v) is 6.98. The Bertz CT molecular complexity index is 810. The summed E-state index contributed by atoms with van der Waals surface area (Å²) in [6.07, 6.45) is 0. The lowest BCUT2D eigenvalue weighted by Gasteiger charge is -2.35. The minimum Gasteiger partial charge on any atom is -0.369 e. The number of amides is 1.